The molecule has 2 heterocycles. The maximum Gasteiger partial charge on any atom is 0.328 e. The van der Waals surface area contributed by atoms with E-state index in [0.717, 1.165) is 36.7 Å². The fourth-order valence-electron chi connectivity index (χ4n) is 3.70. The second-order valence-electron chi connectivity index (χ2n) is 8.12. The second-order valence-corrected chi connectivity index (χ2v) is 8.12. The van der Waals surface area contributed by atoms with Gasteiger partial charge in [0.05, 0.1) is 18.6 Å². The summed E-state index contributed by atoms with van der Waals surface area (Å²) in [6.07, 6.45) is 1.85. The van der Waals surface area contributed by atoms with Crippen LogP contribution >= 0.6 is 0 Å². The van der Waals surface area contributed by atoms with E-state index >= 15 is 0 Å². The topological polar surface area (TPSA) is 178 Å². The van der Waals surface area contributed by atoms with Gasteiger partial charge in [-0.1, -0.05) is 26.2 Å². The largest absolute Gasteiger partial charge is 0.394 e. The van der Waals surface area contributed by atoms with Crippen LogP contribution in [0.15, 0.2) is 12.3 Å². The van der Waals surface area contributed by atoms with Crippen LogP contribution in [0.4, 0.5) is 4.79 Å². The summed E-state index contributed by atoms with van der Waals surface area (Å²) in [6.45, 7) is 1.86. The number of rotatable bonds is 12. The van der Waals surface area contributed by atoms with E-state index in [1.807, 2.05) is 0 Å². The van der Waals surface area contributed by atoms with Crippen LogP contribution in [-0.4, -0.2) is 94.6 Å². The highest BCUT2D eigenvalue weighted by Gasteiger charge is 2.50. The molecule has 2 fully saturated rings. The van der Waals surface area contributed by atoms with Crippen molar-refractivity contribution in [2.75, 3.05) is 26.2 Å². The fourth-order valence-corrected chi connectivity index (χ4v) is 3.70. The maximum atomic E-state index is 12.2. The van der Waals surface area contributed by atoms with E-state index in [2.05, 4.69) is 22.9 Å². The number of unbranched alkanes of at least 4 members (excludes halogenated alkanes) is 3. The van der Waals surface area contributed by atoms with Crippen molar-refractivity contribution in [3.8, 4) is 0 Å². The van der Waals surface area contributed by atoms with Crippen LogP contribution in [0.5, 0.6) is 0 Å². The standard InChI is InChI=1S/C21H34N4O8/c1-2-3-4-5-6-15(27)22-8-9-23-16(28)7-10-25-11-13(20(31)24-21(25)32)19-18(30)17(29)14(12-26)33-19/h7,10,13-14,17-19,26,29-30H,2-6,8-9,11-12H2,1H3,(H,22,27)(H,23,28)(H,24,31,32)/b10-7+. The third-order valence-electron chi connectivity index (χ3n) is 5.61. The van der Waals surface area contributed by atoms with E-state index in [1.54, 1.807) is 0 Å². The van der Waals surface area contributed by atoms with Crippen molar-refractivity contribution >= 4 is 23.8 Å². The molecule has 0 aromatic rings. The van der Waals surface area contributed by atoms with E-state index in [9.17, 15) is 34.5 Å². The van der Waals surface area contributed by atoms with E-state index in [0.29, 0.717) is 6.42 Å². The summed E-state index contributed by atoms with van der Waals surface area (Å²) in [7, 11) is 0. The Morgan fingerprint density at radius 2 is 1.88 bits per heavy atom. The Labute approximate surface area is 192 Å². The van der Waals surface area contributed by atoms with Crippen LogP contribution in [0.2, 0.25) is 0 Å². The zero-order chi connectivity index (χ0) is 24.4. The predicted octanol–water partition coefficient (Wildman–Crippen LogP) is -1.65. The minimum absolute atomic E-state index is 0.0681. The van der Waals surface area contributed by atoms with Gasteiger partial charge in [-0.3, -0.25) is 24.6 Å². The lowest BCUT2D eigenvalue weighted by Gasteiger charge is -2.33. The number of hydrogen-bond acceptors (Lipinski definition) is 8. The average molecular weight is 471 g/mol. The number of aliphatic hydroxyl groups excluding tert-OH is 3. The van der Waals surface area contributed by atoms with Gasteiger partial charge >= 0.3 is 6.03 Å². The molecule has 5 unspecified atom stereocenters. The van der Waals surface area contributed by atoms with Gasteiger partial charge in [0.1, 0.15) is 18.3 Å². The molecule has 12 heteroatoms. The first-order valence-electron chi connectivity index (χ1n) is 11.2. The number of carbonyl (C=O) groups is 4. The van der Waals surface area contributed by atoms with Gasteiger partial charge in [0.2, 0.25) is 17.7 Å². The molecule has 0 aliphatic carbocycles. The molecule has 0 spiro atoms. The van der Waals surface area contributed by atoms with Gasteiger partial charge in [0, 0.05) is 38.3 Å². The molecule has 12 nitrogen and oxygen atoms in total. The molecule has 2 aliphatic rings. The monoisotopic (exact) mass is 470 g/mol. The minimum Gasteiger partial charge on any atom is -0.394 e. The number of nitrogens with zero attached hydrogens (tertiary/aromatic N) is 1. The number of urea groups is 1. The smallest absolute Gasteiger partial charge is 0.328 e. The highest BCUT2D eigenvalue weighted by atomic mass is 16.6. The van der Waals surface area contributed by atoms with Crippen molar-refractivity contribution in [3.05, 3.63) is 12.3 Å². The van der Waals surface area contributed by atoms with Crippen LogP contribution < -0.4 is 16.0 Å². The third kappa shape index (κ3) is 7.77. The molecular weight excluding hydrogens is 436 g/mol. The number of carbonyl (C=O) groups excluding carboxylic acids is 4. The summed E-state index contributed by atoms with van der Waals surface area (Å²) in [5, 5.41) is 36.7. The first-order valence-corrected chi connectivity index (χ1v) is 11.2. The van der Waals surface area contributed by atoms with E-state index in [1.165, 1.54) is 6.20 Å². The molecule has 0 aromatic carbocycles. The van der Waals surface area contributed by atoms with E-state index in [4.69, 9.17) is 4.74 Å². The summed E-state index contributed by atoms with van der Waals surface area (Å²) in [6, 6.07) is -0.748. The van der Waals surface area contributed by atoms with E-state index in [-0.39, 0.29) is 25.5 Å². The predicted molar refractivity (Wildman–Crippen MR) is 115 cm³/mol. The first-order chi connectivity index (χ1) is 15.8. The van der Waals surface area contributed by atoms with Crippen LogP contribution in [0.3, 0.4) is 0 Å². The highest BCUT2D eigenvalue weighted by molar-refractivity contribution is 5.99. The van der Waals surface area contributed by atoms with Gasteiger partial charge in [0.25, 0.3) is 0 Å². The summed E-state index contributed by atoms with van der Waals surface area (Å²) >= 11 is 0. The zero-order valence-corrected chi connectivity index (χ0v) is 18.7. The van der Waals surface area contributed by atoms with Crippen LogP contribution in [-0.2, 0) is 19.1 Å². The lowest BCUT2D eigenvalue weighted by Crippen LogP contribution is -2.57. The molecule has 5 atom stereocenters. The maximum absolute atomic E-state index is 12.2. The molecule has 186 valence electrons. The Bertz CT molecular complexity index is 731. The molecule has 0 saturated carbocycles. The summed E-state index contributed by atoms with van der Waals surface area (Å²) < 4.78 is 5.39. The number of nitrogens with one attached hydrogen (secondary N) is 3. The average Bonchev–Trinajstić information content (AvgIpc) is 3.07. The third-order valence-corrected chi connectivity index (χ3v) is 5.61. The second kappa shape index (κ2) is 13.2. The van der Waals surface area contributed by atoms with Crippen molar-refractivity contribution in [2.24, 2.45) is 5.92 Å². The van der Waals surface area contributed by atoms with Crippen molar-refractivity contribution in [1.82, 2.24) is 20.9 Å². The Hall–Kier alpha value is -2.54. The van der Waals surface area contributed by atoms with Crippen molar-refractivity contribution < 1.29 is 39.2 Å². The van der Waals surface area contributed by atoms with Crippen LogP contribution in [0.25, 0.3) is 0 Å². The highest BCUT2D eigenvalue weighted by Crippen LogP contribution is 2.28. The lowest BCUT2D eigenvalue weighted by atomic mass is 9.93. The Morgan fingerprint density at radius 1 is 1.15 bits per heavy atom. The number of hydrogen-bond donors (Lipinski definition) is 6. The fraction of sp³-hybridized carbons (Fsp3) is 0.714. The lowest BCUT2D eigenvalue weighted by molar-refractivity contribution is -0.134. The molecule has 33 heavy (non-hydrogen) atoms. The van der Waals surface area contributed by atoms with Gasteiger partial charge in [-0.25, -0.2) is 4.79 Å². The first kappa shape index (κ1) is 26.7. The zero-order valence-electron chi connectivity index (χ0n) is 18.7. The Morgan fingerprint density at radius 3 is 2.55 bits per heavy atom. The number of ether oxygens (including phenoxy) is 1. The summed E-state index contributed by atoms with van der Waals surface area (Å²) in [4.78, 5) is 49.1. The molecule has 0 radical (unpaired) electrons. The molecule has 5 amide bonds. The molecule has 0 aromatic heterocycles. The minimum atomic E-state index is -1.41. The van der Waals surface area contributed by atoms with Crippen molar-refractivity contribution in [1.29, 1.82) is 0 Å². The molecule has 2 aliphatic heterocycles. The summed E-state index contributed by atoms with van der Waals surface area (Å²) in [5.74, 6) is -2.26. The Kier molecular flexibility index (Phi) is 10.7. The van der Waals surface area contributed by atoms with Crippen molar-refractivity contribution in [3.63, 3.8) is 0 Å². The Balaban J connectivity index is 1.77. The number of amides is 5. The number of aliphatic hydroxyl groups is 3. The van der Waals surface area contributed by atoms with Gasteiger partial charge in [0.15, 0.2) is 0 Å². The molecule has 0 bridgehead atoms. The van der Waals surface area contributed by atoms with Gasteiger partial charge in [-0.2, -0.15) is 0 Å². The molecular formula is C21H34N4O8. The quantitative estimate of drug-likeness (QED) is 0.145. The normalized spacial score (nSPS) is 27.6. The van der Waals surface area contributed by atoms with E-state index < -0.39 is 54.8 Å². The van der Waals surface area contributed by atoms with Gasteiger partial charge < -0.3 is 30.7 Å². The van der Waals surface area contributed by atoms with Crippen LogP contribution in [0.1, 0.15) is 39.0 Å². The van der Waals surface area contributed by atoms with Crippen molar-refractivity contribution in [2.45, 2.75) is 63.4 Å². The molecule has 2 saturated heterocycles. The van der Waals surface area contributed by atoms with Gasteiger partial charge in [-0.05, 0) is 6.42 Å². The van der Waals surface area contributed by atoms with Crippen LogP contribution in [0, 0.1) is 5.92 Å². The van der Waals surface area contributed by atoms with Gasteiger partial charge in [-0.15, -0.1) is 0 Å². The molecule has 6 N–H and O–H groups in total. The summed E-state index contributed by atoms with van der Waals surface area (Å²) in [5.41, 5.74) is 0. The number of imide groups is 1. The molecule has 2 rings (SSSR count). The SMILES string of the molecule is CCCCCCC(=O)NCCNC(=O)/C=C/N1CC(C2OC(CO)C(O)C2O)C(=O)NC1=O.